The quantitative estimate of drug-likeness (QED) is 0.172. The highest BCUT2D eigenvalue weighted by Crippen LogP contribution is 2.29. The smallest absolute Gasteiger partial charge is 0.408 e. The molecule has 0 bridgehead atoms. The van der Waals surface area contributed by atoms with Crippen LogP contribution in [0.15, 0.2) is 89.6 Å². The van der Waals surface area contributed by atoms with Crippen LogP contribution in [0.2, 0.25) is 0 Å². The van der Waals surface area contributed by atoms with E-state index in [0.717, 1.165) is 33.6 Å². The largest absolute Gasteiger partial charge is 0.465 e. The summed E-state index contributed by atoms with van der Waals surface area (Å²) in [6.45, 7) is 2.46. The molecule has 206 valence electrons. The molecule has 0 spiro atoms. The Labute approximate surface area is 237 Å². The summed E-state index contributed by atoms with van der Waals surface area (Å²) in [6, 6.07) is 22.5. The number of amides is 3. The summed E-state index contributed by atoms with van der Waals surface area (Å²) in [6.07, 6.45) is -0.292. The minimum Gasteiger partial charge on any atom is -0.465 e. The molecule has 0 saturated carbocycles. The van der Waals surface area contributed by atoms with Crippen molar-refractivity contribution in [1.82, 2.24) is 10.2 Å². The van der Waals surface area contributed by atoms with Gasteiger partial charge >= 0.3 is 6.09 Å². The van der Waals surface area contributed by atoms with Crippen LogP contribution in [0.5, 0.6) is 0 Å². The van der Waals surface area contributed by atoms with Crippen LogP contribution in [0, 0.1) is 0 Å². The van der Waals surface area contributed by atoms with Crippen molar-refractivity contribution in [3.8, 4) is 11.1 Å². The lowest BCUT2D eigenvalue weighted by atomic mass is 10.0. The Kier molecular flexibility index (Phi) is 9.53. The molecule has 40 heavy (non-hydrogen) atoms. The number of nitrogens with two attached hydrogens (primary N) is 1. The van der Waals surface area contributed by atoms with Crippen molar-refractivity contribution in [2.45, 2.75) is 32.4 Å². The summed E-state index contributed by atoms with van der Waals surface area (Å²) in [5, 5.41) is 19.7. The minimum atomic E-state index is -1.18. The van der Waals surface area contributed by atoms with Gasteiger partial charge in [0.2, 0.25) is 5.91 Å². The van der Waals surface area contributed by atoms with E-state index in [1.165, 1.54) is 0 Å². The third-order valence-electron chi connectivity index (χ3n) is 6.47. The van der Waals surface area contributed by atoms with Gasteiger partial charge in [0.1, 0.15) is 6.04 Å². The Balaban J connectivity index is 1.50. The molecule has 3 amide bonds. The molecule has 1 heterocycles. The lowest BCUT2D eigenvalue weighted by Crippen LogP contribution is -2.50. The van der Waals surface area contributed by atoms with Crippen LogP contribution in [-0.4, -0.2) is 40.5 Å². The number of hydrogen-bond acceptors (Lipinski definition) is 5. The molecule has 0 saturated heterocycles. The third kappa shape index (κ3) is 7.27. The predicted octanol–water partition coefficient (Wildman–Crippen LogP) is 5.87. The molecule has 5 N–H and O–H groups in total. The van der Waals surface area contributed by atoms with E-state index in [1.54, 1.807) is 41.7 Å². The first-order valence-corrected chi connectivity index (χ1v) is 13.9. The fourth-order valence-corrected chi connectivity index (χ4v) is 4.95. The molecule has 0 unspecified atom stereocenters. The molecule has 0 aliphatic heterocycles. The van der Waals surface area contributed by atoms with Crippen molar-refractivity contribution in [2.75, 3.05) is 17.6 Å². The number of carboxylic acid groups (broad SMARTS) is 1. The van der Waals surface area contributed by atoms with Crippen LogP contribution >= 0.6 is 11.3 Å². The van der Waals surface area contributed by atoms with E-state index in [4.69, 9.17) is 5.73 Å². The van der Waals surface area contributed by atoms with Gasteiger partial charge in [0.15, 0.2) is 0 Å². The number of thiophene rings is 1. The van der Waals surface area contributed by atoms with Gasteiger partial charge in [-0.15, -0.1) is 0 Å². The van der Waals surface area contributed by atoms with Gasteiger partial charge < -0.3 is 21.5 Å². The highest BCUT2D eigenvalue weighted by molar-refractivity contribution is 7.08. The Morgan fingerprint density at radius 2 is 1.70 bits per heavy atom. The molecule has 4 aromatic rings. The van der Waals surface area contributed by atoms with Crippen molar-refractivity contribution < 1.29 is 19.5 Å². The Morgan fingerprint density at radius 1 is 0.950 bits per heavy atom. The van der Waals surface area contributed by atoms with E-state index < -0.39 is 12.1 Å². The van der Waals surface area contributed by atoms with Crippen molar-refractivity contribution in [1.29, 1.82) is 0 Å². The predicted molar refractivity (Wildman–Crippen MR) is 159 cm³/mol. The third-order valence-corrected chi connectivity index (χ3v) is 7.15. The number of anilines is 2. The monoisotopic (exact) mass is 556 g/mol. The molecule has 8 nitrogen and oxygen atoms in total. The van der Waals surface area contributed by atoms with Crippen LogP contribution in [0.3, 0.4) is 0 Å². The number of nitrogen functional groups attached to an aromatic ring is 1. The van der Waals surface area contributed by atoms with E-state index in [2.05, 4.69) is 10.6 Å². The van der Waals surface area contributed by atoms with Gasteiger partial charge in [-0.25, -0.2) is 4.79 Å². The van der Waals surface area contributed by atoms with Gasteiger partial charge in [0.05, 0.1) is 11.4 Å². The first-order valence-electron chi connectivity index (χ1n) is 13.0. The number of benzene rings is 3. The van der Waals surface area contributed by atoms with Crippen molar-refractivity contribution in [3.63, 3.8) is 0 Å². The maximum atomic E-state index is 13.1. The standard InChI is InChI=1S/C31H32N4O4S/c1-2-15-33-30(37)28(35(31(38)39)19-22-6-4-3-5-7-22)17-21-8-10-23(11-9-21)29(36)34-27-18-24(12-13-26(27)32)25-14-16-40-20-25/h3-14,16,18,20,28H,2,15,17,19,32H2,1H3,(H,33,37)(H,34,36)(H,38,39)/t28-/m0/s1. The molecule has 0 aliphatic rings. The average molecular weight is 557 g/mol. The Bertz CT molecular complexity index is 1440. The average Bonchev–Trinajstić information content (AvgIpc) is 3.50. The number of nitrogens with zero attached hydrogens (tertiary/aromatic N) is 1. The zero-order valence-corrected chi connectivity index (χ0v) is 23.0. The van der Waals surface area contributed by atoms with E-state index >= 15 is 0 Å². The summed E-state index contributed by atoms with van der Waals surface area (Å²) >= 11 is 1.59. The Hall–Kier alpha value is -4.63. The van der Waals surface area contributed by atoms with Crippen LogP contribution < -0.4 is 16.4 Å². The number of carbonyl (C=O) groups is 3. The number of carbonyl (C=O) groups excluding carboxylic acids is 2. The van der Waals surface area contributed by atoms with Gasteiger partial charge in [0, 0.05) is 25.1 Å². The normalized spacial score (nSPS) is 11.4. The van der Waals surface area contributed by atoms with Gasteiger partial charge in [-0.2, -0.15) is 11.3 Å². The van der Waals surface area contributed by atoms with Crippen LogP contribution in [0.4, 0.5) is 16.2 Å². The molecule has 0 radical (unpaired) electrons. The molecule has 1 atom stereocenters. The summed E-state index contributed by atoms with van der Waals surface area (Å²) in [5.41, 5.74) is 11.0. The second-order valence-corrected chi connectivity index (χ2v) is 10.2. The van der Waals surface area contributed by atoms with E-state index in [1.807, 2.05) is 66.2 Å². The molecule has 4 rings (SSSR count). The van der Waals surface area contributed by atoms with Crippen LogP contribution in [0.1, 0.15) is 34.8 Å². The SMILES string of the molecule is CCCNC(=O)[C@H](Cc1ccc(C(=O)Nc2cc(-c3ccsc3)ccc2N)cc1)N(Cc1ccccc1)C(=O)O. The zero-order chi connectivity index (χ0) is 28.5. The molecule has 0 fully saturated rings. The summed E-state index contributed by atoms with van der Waals surface area (Å²) < 4.78 is 0. The van der Waals surface area contributed by atoms with Gasteiger partial charge in [-0.1, -0.05) is 55.5 Å². The second-order valence-electron chi connectivity index (χ2n) is 9.37. The van der Waals surface area contributed by atoms with E-state index in [9.17, 15) is 19.5 Å². The summed E-state index contributed by atoms with van der Waals surface area (Å²) in [5.74, 6) is -0.683. The first-order chi connectivity index (χ1) is 19.4. The highest BCUT2D eigenvalue weighted by Gasteiger charge is 2.30. The highest BCUT2D eigenvalue weighted by atomic mass is 32.1. The number of nitrogens with one attached hydrogen (secondary N) is 2. The maximum Gasteiger partial charge on any atom is 0.408 e. The molecule has 9 heteroatoms. The molecule has 1 aromatic heterocycles. The molecule has 0 aliphatic carbocycles. The van der Waals surface area contributed by atoms with Crippen LogP contribution in [-0.2, 0) is 17.8 Å². The van der Waals surface area contributed by atoms with Gasteiger partial charge in [-0.3, -0.25) is 14.5 Å². The van der Waals surface area contributed by atoms with E-state index in [-0.39, 0.29) is 24.8 Å². The van der Waals surface area contributed by atoms with E-state index in [0.29, 0.717) is 23.5 Å². The van der Waals surface area contributed by atoms with Crippen molar-refractivity contribution >= 4 is 40.6 Å². The molecular weight excluding hydrogens is 524 g/mol. The summed E-state index contributed by atoms with van der Waals surface area (Å²) in [7, 11) is 0. The van der Waals surface area contributed by atoms with Gasteiger partial charge in [0.25, 0.3) is 5.91 Å². The minimum absolute atomic E-state index is 0.0761. The Morgan fingerprint density at radius 3 is 2.35 bits per heavy atom. The fourth-order valence-electron chi connectivity index (χ4n) is 4.28. The lowest BCUT2D eigenvalue weighted by molar-refractivity contribution is -0.126. The van der Waals surface area contributed by atoms with Crippen molar-refractivity contribution in [3.05, 3.63) is 106 Å². The van der Waals surface area contributed by atoms with Crippen molar-refractivity contribution in [2.24, 2.45) is 0 Å². The summed E-state index contributed by atoms with van der Waals surface area (Å²) in [4.78, 5) is 39.5. The lowest BCUT2D eigenvalue weighted by Gasteiger charge is -2.29. The molecule has 3 aromatic carbocycles. The van der Waals surface area contributed by atoms with Gasteiger partial charge in [-0.05, 0) is 69.8 Å². The second kappa shape index (κ2) is 13.4. The first kappa shape index (κ1) is 28.4. The topological polar surface area (TPSA) is 125 Å². The zero-order valence-electron chi connectivity index (χ0n) is 22.2. The maximum absolute atomic E-state index is 13.1. The van der Waals surface area contributed by atoms with Crippen LogP contribution in [0.25, 0.3) is 11.1 Å². The molecular formula is C31H32N4O4S. The number of hydrogen-bond donors (Lipinski definition) is 4. The fraction of sp³-hybridized carbons (Fsp3) is 0.194. The number of rotatable bonds is 11.